The van der Waals surface area contributed by atoms with E-state index in [4.69, 9.17) is 4.74 Å². The summed E-state index contributed by atoms with van der Waals surface area (Å²) in [6, 6.07) is -0.0480. The molecule has 2 aliphatic heterocycles. The summed E-state index contributed by atoms with van der Waals surface area (Å²) in [4.78, 5) is 30.3. The third kappa shape index (κ3) is 5.41. The van der Waals surface area contributed by atoms with Gasteiger partial charge in [0.15, 0.2) is 0 Å². The van der Waals surface area contributed by atoms with Gasteiger partial charge in [0.25, 0.3) is 0 Å². The maximum absolute atomic E-state index is 12.7. The number of hydrogen-bond donors (Lipinski definition) is 1. The van der Waals surface area contributed by atoms with Crippen LogP contribution in [0.15, 0.2) is 0 Å². The van der Waals surface area contributed by atoms with Crippen LogP contribution in [0.4, 0.5) is 0 Å². The minimum absolute atomic E-state index is 0.00975. The zero-order chi connectivity index (χ0) is 18.5. The van der Waals surface area contributed by atoms with E-state index in [0.717, 1.165) is 32.5 Å². The largest absolute Gasteiger partial charge is 0.395 e. The Morgan fingerprint density at radius 3 is 2.58 bits per heavy atom. The van der Waals surface area contributed by atoms with Crippen molar-refractivity contribution < 1.29 is 19.4 Å². The zero-order valence-corrected chi connectivity index (χ0v) is 15.9. The summed E-state index contributed by atoms with van der Waals surface area (Å²) in [6.45, 7) is 6.61. The van der Waals surface area contributed by atoms with Crippen molar-refractivity contribution in [2.45, 2.75) is 51.2 Å². The summed E-state index contributed by atoms with van der Waals surface area (Å²) in [5.41, 5.74) is 0. The van der Waals surface area contributed by atoms with Gasteiger partial charge < -0.3 is 19.6 Å². The lowest BCUT2D eigenvalue weighted by Gasteiger charge is -2.27. The molecule has 2 atom stereocenters. The molecule has 148 valence electrons. The van der Waals surface area contributed by atoms with Crippen molar-refractivity contribution >= 4 is 11.8 Å². The van der Waals surface area contributed by atoms with Gasteiger partial charge in [-0.3, -0.25) is 14.5 Å². The van der Waals surface area contributed by atoms with Gasteiger partial charge >= 0.3 is 0 Å². The first kappa shape index (κ1) is 19.6. The van der Waals surface area contributed by atoms with Crippen molar-refractivity contribution in [3.05, 3.63) is 0 Å². The highest BCUT2D eigenvalue weighted by atomic mass is 16.5. The molecule has 2 heterocycles. The summed E-state index contributed by atoms with van der Waals surface area (Å²) >= 11 is 0. The fourth-order valence-corrected chi connectivity index (χ4v) is 3.73. The molecule has 0 aromatic carbocycles. The SMILES string of the molecule is C[C@@H](CO)N1CC(=O)N(CCCN2CCCC2=O)C[C@@H](OCC2CC2)C1. The second-order valence-electron chi connectivity index (χ2n) is 8.04. The Bertz CT molecular complexity index is 497. The average Bonchev–Trinajstić information content (AvgIpc) is 3.39. The monoisotopic (exact) mass is 367 g/mol. The average molecular weight is 367 g/mol. The predicted octanol–water partition coefficient (Wildman–Crippen LogP) is 0.319. The fourth-order valence-electron chi connectivity index (χ4n) is 3.73. The van der Waals surface area contributed by atoms with Gasteiger partial charge in [0.1, 0.15) is 0 Å². The van der Waals surface area contributed by atoms with E-state index < -0.39 is 0 Å². The number of nitrogens with zero attached hydrogens (tertiary/aromatic N) is 3. The minimum Gasteiger partial charge on any atom is -0.395 e. The number of carbonyl (C=O) groups excluding carboxylic acids is 2. The topological polar surface area (TPSA) is 73.3 Å². The summed E-state index contributed by atoms with van der Waals surface area (Å²) in [6.07, 6.45) is 4.90. The molecular formula is C19H33N3O4. The quantitative estimate of drug-likeness (QED) is 0.635. The number of amides is 2. The van der Waals surface area contributed by atoms with Gasteiger partial charge in [0.2, 0.25) is 11.8 Å². The van der Waals surface area contributed by atoms with Crippen LogP contribution >= 0.6 is 0 Å². The van der Waals surface area contributed by atoms with E-state index in [1.165, 1.54) is 12.8 Å². The van der Waals surface area contributed by atoms with E-state index in [1.54, 1.807) is 0 Å². The van der Waals surface area contributed by atoms with Gasteiger partial charge in [0.05, 0.1) is 19.3 Å². The van der Waals surface area contributed by atoms with E-state index in [9.17, 15) is 14.7 Å². The van der Waals surface area contributed by atoms with Gasteiger partial charge in [0, 0.05) is 51.8 Å². The number of aliphatic hydroxyl groups excluding tert-OH is 1. The molecule has 3 aliphatic rings. The molecule has 26 heavy (non-hydrogen) atoms. The molecule has 0 aromatic heterocycles. The third-order valence-electron chi connectivity index (χ3n) is 5.73. The zero-order valence-electron chi connectivity index (χ0n) is 15.9. The molecule has 0 radical (unpaired) electrons. The van der Waals surface area contributed by atoms with Crippen LogP contribution in [-0.4, -0.2) is 96.2 Å². The van der Waals surface area contributed by atoms with Gasteiger partial charge in [-0.15, -0.1) is 0 Å². The lowest BCUT2D eigenvalue weighted by Crippen LogP contribution is -2.43. The Morgan fingerprint density at radius 1 is 1.15 bits per heavy atom. The molecule has 7 heteroatoms. The van der Waals surface area contributed by atoms with Crippen LogP contribution in [0.25, 0.3) is 0 Å². The van der Waals surface area contributed by atoms with E-state index in [0.29, 0.717) is 38.5 Å². The van der Waals surface area contributed by atoms with Gasteiger partial charge in [-0.2, -0.15) is 0 Å². The van der Waals surface area contributed by atoms with Crippen molar-refractivity contribution in [3.8, 4) is 0 Å². The molecule has 0 bridgehead atoms. The highest BCUT2D eigenvalue weighted by Gasteiger charge is 2.32. The molecular weight excluding hydrogens is 334 g/mol. The van der Waals surface area contributed by atoms with Crippen LogP contribution < -0.4 is 0 Å². The summed E-state index contributed by atoms with van der Waals surface area (Å²) < 4.78 is 6.11. The van der Waals surface area contributed by atoms with Crippen LogP contribution in [0.2, 0.25) is 0 Å². The lowest BCUT2D eigenvalue weighted by molar-refractivity contribution is -0.132. The second-order valence-corrected chi connectivity index (χ2v) is 8.04. The van der Waals surface area contributed by atoms with Crippen LogP contribution in [0.5, 0.6) is 0 Å². The first-order chi connectivity index (χ1) is 12.6. The number of ether oxygens (including phenoxy) is 1. The molecule has 3 fully saturated rings. The Labute approximate surface area is 156 Å². The van der Waals surface area contributed by atoms with Crippen molar-refractivity contribution in [1.82, 2.24) is 14.7 Å². The lowest BCUT2D eigenvalue weighted by atomic mass is 10.2. The number of likely N-dealkylation sites (tertiary alicyclic amines) is 1. The molecule has 2 amide bonds. The highest BCUT2D eigenvalue weighted by Crippen LogP contribution is 2.29. The Balaban J connectivity index is 1.53. The number of aliphatic hydroxyl groups is 1. The fraction of sp³-hybridized carbons (Fsp3) is 0.895. The second kappa shape index (κ2) is 9.15. The van der Waals surface area contributed by atoms with Gasteiger partial charge in [-0.05, 0) is 38.5 Å². The van der Waals surface area contributed by atoms with Crippen molar-refractivity contribution in [3.63, 3.8) is 0 Å². The number of rotatable bonds is 9. The maximum Gasteiger partial charge on any atom is 0.236 e. The molecule has 1 aliphatic carbocycles. The van der Waals surface area contributed by atoms with Gasteiger partial charge in [-0.25, -0.2) is 0 Å². The molecule has 7 nitrogen and oxygen atoms in total. The molecule has 2 saturated heterocycles. The Morgan fingerprint density at radius 2 is 1.92 bits per heavy atom. The molecule has 3 rings (SSSR count). The molecule has 1 saturated carbocycles. The molecule has 1 N–H and O–H groups in total. The van der Waals surface area contributed by atoms with E-state index >= 15 is 0 Å². The number of carbonyl (C=O) groups is 2. The van der Waals surface area contributed by atoms with Gasteiger partial charge in [-0.1, -0.05) is 0 Å². The molecule has 0 unspecified atom stereocenters. The highest BCUT2D eigenvalue weighted by molar-refractivity contribution is 5.79. The Kier molecular flexibility index (Phi) is 6.89. The molecule has 0 spiro atoms. The first-order valence-electron chi connectivity index (χ1n) is 10.1. The van der Waals surface area contributed by atoms with Crippen LogP contribution in [0, 0.1) is 5.92 Å². The van der Waals surface area contributed by atoms with Crippen LogP contribution in [0.1, 0.15) is 39.0 Å². The maximum atomic E-state index is 12.7. The smallest absolute Gasteiger partial charge is 0.236 e. The van der Waals surface area contributed by atoms with Crippen molar-refractivity contribution in [2.24, 2.45) is 5.92 Å². The first-order valence-corrected chi connectivity index (χ1v) is 10.1. The third-order valence-corrected chi connectivity index (χ3v) is 5.73. The van der Waals surface area contributed by atoms with E-state index in [-0.39, 0.29) is 30.6 Å². The van der Waals surface area contributed by atoms with E-state index in [1.807, 2.05) is 21.6 Å². The minimum atomic E-state index is -0.0480. The van der Waals surface area contributed by atoms with Crippen LogP contribution in [-0.2, 0) is 14.3 Å². The Hall–Kier alpha value is -1.18. The van der Waals surface area contributed by atoms with Crippen molar-refractivity contribution in [1.29, 1.82) is 0 Å². The summed E-state index contributed by atoms with van der Waals surface area (Å²) in [7, 11) is 0. The summed E-state index contributed by atoms with van der Waals surface area (Å²) in [5, 5.41) is 9.49. The summed E-state index contributed by atoms with van der Waals surface area (Å²) in [5.74, 6) is 1.02. The van der Waals surface area contributed by atoms with Crippen molar-refractivity contribution in [2.75, 3.05) is 52.5 Å². The molecule has 0 aromatic rings. The van der Waals surface area contributed by atoms with E-state index in [2.05, 4.69) is 0 Å². The van der Waals surface area contributed by atoms with Crippen LogP contribution in [0.3, 0.4) is 0 Å². The predicted molar refractivity (Wildman–Crippen MR) is 97.6 cm³/mol. The normalized spacial score (nSPS) is 26.5. The number of hydrogen-bond acceptors (Lipinski definition) is 5. The standard InChI is InChI=1S/C19H33N3O4/c1-15(13-23)22-11-17(26-14-16-5-6-16)10-21(19(25)12-22)9-3-8-20-7-2-4-18(20)24/h15-17,23H,2-14H2,1H3/t15-,17+/m0/s1.